The molecule has 0 fully saturated rings. The average Bonchev–Trinajstić information content (AvgIpc) is 3.59. The molecule has 2 N–H and O–H groups in total. The van der Waals surface area contributed by atoms with E-state index in [-0.39, 0.29) is 31.5 Å². The van der Waals surface area contributed by atoms with Gasteiger partial charge in [-0.3, -0.25) is 18.6 Å². The molecule has 10 heteroatoms. The Balaban J connectivity index is 5.09. The highest BCUT2D eigenvalue weighted by atomic mass is 31.2. The monoisotopic (exact) mass is 1200 g/mol. The van der Waals surface area contributed by atoms with Crippen molar-refractivity contribution < 1.29 is 37.3 Å². The summed E-state index contributed by atoms with van der Waals surface area (Å²) in [5, 5.41) is 3.05. The molecular formula is C75H130N2O7P+. The van der Waals surface area contributed by atoms with E-state index in [0.717, 1.165) is 154 Å². The molecule has 0 aromatic carbocycles. The maximum atomic E-state index is 13.6. The molecule has 0 aliphatic heterocycles. The number of nitrogens with one attached hydrogen (secondary N) is 1. The molecule has 0 radical (unpaired) electrons. The van der Waals surface area contributed by atoms with Crippen LogP contribution >= 0.6 is 7.82 Å². The Labute approximate surface area is 524 Å². The summed E-state index contributed by atoms with van der Waals surface area (Å²) in [7, 11) is 1.46. The van der Waals surface area contributed by atoms with Crippen molar-refractivity contribution in [2.45, 2.75) is 290 Å². The molecule has 0 heterocycles. The first-order valence-electron chi connectivity index (χ1n) is 34.5. The van der Waals surface area contributed by atoms with Crippen molar-refractivity contribution in [1.29, 1.82) is 0 Å². The normalized spacial score (nSPS) is 14.4. The number of phosphoric ester groups is 1. The van der Waals surface area contributed by atoms with Gasteiger partial charge in [0.05, 0.1) is 33.8 Å². The molecule has 3 atom stereocenters. The highest BCUT2D eigenvalue weighted by Gasteiger charge is 2.30. The number of carbonyl (C=O) groups is 2. The molecule has 0 rings (SSSR count). The standard InChI is InChI=1S/C75H129N2O7P/c1-7-10-13-16-19-22-25-27-29-31-33-35-36-37-38-39-40-42-44-46-48-50-53-56-59-62-65-68-75(79)84-73(66-63-60-57-54-51-24-21-18-15-12-9-3)72(71-83-85(80,81)82-70-69-77(4,5)6)76-74(78)67-64-61-58-55-52-49-47-45-43-41-34-32-30-28-26-23-20-17-14-11-8-2/h10-11,13-14,19-20,22-23,27-30,33-35,37-38,41,45,47,63,66,72-73H,7-9,12,15-18,21,24-26,31-32,36,39-40,42-44,46,48-62,64-65,67-71H2,1-6H3,(H-,76,78,80,81)/p+1/b13-10-,14-11-,22-19-,23-20-,29-27-,30-28-,35-33-,38-37-,41-34-,47-45-,66-63-. The van der Waals surface area contributed by atoms with Gasteiger partial charge in [0.1, 0.15) is 19.3 Å². The highest BCUT2D eigenvalue weighted by Crippen LogP contribution is 2.43. The number of likely N-dealkylation sites (N-methyl/N-ethyl adjacent to an activating group) is 1. The lowest BCUT2D eigenvalue weighted by atomic mass is 10.0. The molecule has 0 saturated carbocycles. The molecule has 1 amide bonds. The summed E-state index contributed by atoms with van der Waals surface area (Å²) in [5.41, 5.74) is 0. The number of rotatable bonds is 61. The van der Waals surface area contributed by atoms with Crippen LogP contribution in [0.1, 0.15) is 278 Å². The SMILES string of the molecule is CC/C=C\C/C=C\C/C=C\C/C=C\C/C=C\CCCCCCCCCCCCCC(=O)OC(/C=C\CCCCCCCCCCC)C(COP(=O)(O)OCC[N+](C)(C)C)NC(=O)CCCCCCC/C=C\C/C=C\C/C=C\C/C=C\C/C=C\CC. The summed E-state index contributed by atoms with van der Waals surface area (Å²) >= 11 is 0. The van der Waals surface area contributed by atoms with Gasteiger partial charge in [0.25, 0.3) is 0 Å². The number of ether oxygens (including phenoxy) is 1. The van der Waals surface area contributed by atoms with Crippen LogP contribution in [0, 0.1) is 0 Å². The van der Waals surface area contributed by atoms with Gasteiger partial charge in [0.2, 0.25) is 5.91 Å². The van der Waals surface area contributed by atoms with E-state index >= 15 is 0 Å². The molecule has 0 aromatic heterocycles. The van der Waals surface area contributed by atoms with Gasteiger partial charge in [0, 0.05) is 12.8 Å². The number of carbonyl (C=O) groups excluding carboxylic acids is 2. The van der Waals surface area contributed by atoms with Gasteiger partial charge in [0.15, 0.2) is 0 Å². The second-order valence-corrected chi connectivity index (χ2v) is 25.4. The molecule has 85 heavy (non-hydrogen) atoms. The first kappa shape index (κ1) is 81.2. The molecule has 486 valence electrons. The molecule has 0 bridgehead atoms. The predicted octanol–water partition coefficient (Wildman–Crippen LogP) is 22.0. The van der Waals surface area contributed by atoms with Gasteiger partial charge in [-0.2, -0.15) is 0 Å². The Morgan fingerprint density at radius 3 is 1.13 bits per heavy atom. The fourth-order valence-corrected chi connectivity index (χ4v) is 10.1. The zero-order valence-electron chi connectivity index (χ0n) is 55.6. The Kier molecular flexibility index (Phi) is 60.3. The molecular weight excluding hydrogens is 1070 g/mol. The minimum atomic E-state index is -4.47. The van der Waals surface area contributed by atoms with Gasteiger partial charge in [-0.25, -0.2) is 4.57 Å². The Bertz CT molecular complexity index is 1920. The third kappa shape index (κ3) is 64.5. The first-order chi connectivity index (χ1) is 41.4. The van der Waals surface area contributed by atoms with Gasteiger partial charge < -0.3 is 19.4 Å². The fraction of sp³-hybridized carbons (Fsp3) is 0.680. The maximum absolute atomic E-state index is 13.6. The smallest absolute Gasteiger partial charge is 0.456 e. The van der Waals surface area contributed by atoms with Crippen molar-refractivity contribution >= 4 is 19.7 Å². The summed E-state index contributed by atoms with van der Waals surface area (Å²) in [6.07, 6.45) is 90.3. The van der Waals surface area contributed by atoms with Crippen LogP contribution in [-0.4, -0.2) is 74.3 Å². The second-order valence-electron chi connectivity index (χ2n) is 23.9. The molecule has 0 aliphatic rings. The van der Waals surface area contributed by atoms with Crippen LogP contribution in [0.5, 0.6) is 0 Å². The lowest BCUT2D eigenvalue weighted by molar-refractivity contribution is -0.870. The topological polar surface area (TPSA) is 111 Å². The minimum Gasteiger partial charge on any atom is -0.456 e. The largest absolute Gasteiger partial charge is 0.472 e. The lowest BCUT2D eigenvalue weighted by Gasteiger charge is -2.27. The van der Waals surface area contributed by atoms with E-state index in [0.29, 0.717) is 17.4 Å². The van der Waals surface area contributed by atoms with Crippen LogP contribution < -0.4 is 5.32 Å². The molecule has 0 aromatic rings. The van der Waals surface area contributed by atoms with Gasteiger partial charge in [-0.05, 0) is 122 Å². The molecule has 0 saturated heterocycles. The number of amides is 1. The first-order valence-corrected chi connectivity index (χ1v) is 36.0. The summed E-state index contributed by atoms with van der Waals surface area (Å²) in [6, 6.07) is -0.870. The van der Waals surface area contributed by atoms with E-state index in [1.54, 1.807) is 0 Å². The van der Waals surface area contributed by atoms with Crippen LogP contribution in [0.3, 0.4) is 0 Å². The van der Waals surface area contributed by atoms with E-state index < -0.39 is 20.0 Å². The fourth-order valence-electron chi connectivity index (χ4n) is 9.35. The van der Waals surface area contributed by atoms with E-state index in [4.69, 9.17) is 13.8 Å². The summed E-state index contributed by atoms with van der Waals surface area (Å²) in [5.74, 6) is -0.536. The zero-order valence-corrected chi connectivity index (χ0v) is 56.4. The predicted molar refractivity (Wildman–Crippen MR) is 369 cm³/mol. The average molecular weight is 1200 g/mol. The van der Waals surface area contributed by atoms with E-state index in [9.17, 15) is 19.0 Å². The number of esters is 1. The quantitative estimate of drug-likeness (QED) is 0.0205. The van der Waals surface area contributed by atoms with Crippen molar-refractivity contribution in [3.8, 4) is 0 Å². The molecule has 3 unspecified atom stereocenters. The number of hydrogen-bond donors (Lipinski definition) is 2. The minimum absolute atomic E-state index is 0.0289. The zero-order chi connectivity index (χ0) is 62.1. The van der Waals surface area contributed by atoms with E-state index in [2.05, 4.69) is 148 Å². The number of nitrogens with zero attached hydrogens (tertiary/aromatic N) is 1. The van der Waals surface area contributed by atoms with Crippen molar-refractivity contribution in [3.05, 3.63) is 134 Å². The number of hydrogen-bond acceptors (Lipinski definition) is 6. The van der Waals surface area contributed by atoms with Crippen molar-refractivity contribution in [3.63, 3.8) is 0 Å². The van der Waals surface area contributed by atoms with Crippen LogP contribution in [-0.2, 0) is 27.9 Å². The van der Waals surface area contributed by atoms with Gasteiger partial charge in [-0.15, -0.1) is 0 Å². The number of phosphoric acid groups is 1. The summed E-state index contributed by atoms with van der Waals surface area (Å²) in [6.45, 7) is 6.76. The lowest BCUT2D eigenvalue weighted by Crippen LogP contribution is -2.47. The highest BCUT2D eigenvalue weighted by molar-refractivity contribution is 7.47. The summed E-state index contributed by atoms with van der Waals surface area (Å²) < 4.78 is 30.8. The van der Waals surface area contributed by atoms with Gasteiger partial charge in [-0.1, -0.05) is 277 Å². The maximum Gasteiger partial charge on any atom is 0.472 e. The number of allylic oxidation sites excluding steroid dienone is 21. The van der Waals surface area contributed by atoms with Crippen LogP contribution in [0.15, 0.2) is 134 Å². The molecule has 9 nitrogen and oxygen atoms in total. The van der Waals surface area contributed by atoms with Crippen LogP contribution in [0.25, 0.3) is 0 Å². The van der Waals surface area contributed by atoms with Crippen molar-refractivity contribution in [2.24, 2.45) is 0 Å². The Morgan fingerprint density at radius 1 is 0.424 bits per heavy atom. The van der Waals surface area contributed by atoms with Crippen LogP contribution in [0.2, 0.25) is 0 Å². The Morgan fingerprint density at radius 2 is 0.753 bits per heavy atom. The van der Waals surface area contributed by atoms with E-state index in [1.807, 2.05) is 33.3 Å². The van der Waals surface area contributed by atoms with Gasteiger partial charge >= 0.3 is 13.8 Å². The Hall–Kier alpha value is -3.85. The molecule has 0 aliphatic carbocycles. The van der Waals surface area contributed by atoms with Crippen LogP contribution in [0.4, 0.5) is 0 Å². The third-order valence-electron chi connectivity index (χ3n) is 14.6. The second kappa shape index (κ2) is 63.2. The molecule has 0 spiro atoms. The number of quaternary nitrogens is 1. The van der Waals surface area contributed by atoms with Crippen molar-refractivity contribution in [1.82, 2.24) is 5.32 Å². The summed E-state index contributed by atoms with van der Waals surface area (Å²) in [4.78, 5) is 37.9. The van der Waals surface area contributed by atoms with Crippen molar-refractivity contribution in [2.75, 3.05) is 40.9 Å². The third-order valence-corrected chi connectivity index (χ3v) is 15.6. The number of unbranched alkanes of at least 4 members (excludes halogenated alkanes) is 25. The van der Waals surface area contributed by atoms with E-state index in [1.165, 1.54) is 89.9 Å².